The molecule has 6 nitrogen and oxygen atoms in total. The van der Waals surface area contributed by atoms with Gasteiger partial charge in [-0.15, -0.1) is 5.10 Å². The number of aromatic nitrogens is 2. The Hall–Kier alpha value is -1.86. The number of nitrogens with zero attached hydrogens (tertiary/aromatic N) is 2. The van der Waals surface area contributed by atoms with Gasteiger partial charge in [-0.25, -0.2) is 8.42 Å². The van der Waals surface area contributed by atoms with E-state index in [1.54, 1.807) is 13.0 Å². The maximum atomic E-state index is 12.2. The molecule has 100 valence electrons. The molecule has 0 aliphatic heterocycles. The highest BCUT2D eigenvalue weighted by Crippen LogP contribution is 2.27. The highest BCUT2D eigenvalue weighted by molar-refractivity contribution is 7.92. The molecular weight excluding hydrogens is 288 g/mol. The Bertz CT molecular complexity index is 704. The average Bonchev–Trinajstić information content (AvgIpc) is 2.34. The molecule has 0 unspecified atom stereocenters. The van der Waals surface area contributed by atoms with Crippen LogP contribution < -0.4 is 10.5 Å². The van der Waals surface area contributed by atoms with Gasteiger partial charge in [0, 0.05) is 6.20 Å². The molecule has 0 spiro atoms. The largest absolute Gasteiger partial charge is 0.397 e. The maximum Gasteiger partial charge on any atom is 0.263 e. The number of nitrogen functional groups attached to an aromatic ring is 1. The molecule has 0 aliphatic carbocycles. The van der Waals surface area contributed by atoms with Crippen molar-refractivity contribution in [1.82, 2.24) is 10.2 Å². The summed E-state index contributed by atoms with van der Waals surface area (Å²) in [5.74, 6) is 0.135. The number of rotatable bonds is 3. The number of hydrogen-bond acceptors (Lipinski definition) is 5. The number of hydrogen-bond donors (Lipinski definition) is 2. The predicted octanol–water partition coefficient (Wildman–Crippen LogP) is 1.82. The maximum absolute atomic E-state index is 12.2. The van der Waals surface area contributed by atoms with Crippen molar-refractivity contribution in [3.8, 4) is 0 Å². The van der Waals surface area contributed by atoms with Crippen molar-refractivity contribution >= 4 is 33.1 Å². The standard InChI is InChI=1S/C11H11ClN4O2S/c1-7-5-8(12)9(13)6-10(7)19(17,18)16-11-3-2-4-14-15-11/h2-6H,13H2,1H3,(H,15,16). The minimum Gasteiger partial charge on any atom is -0.397 e. The zero-order valence-electron chi connectivity index (χ0n) is 9.96. The normalized spacial score (nSPS) is 11.3. The molecule has 1 heterocycles. The Morgan fingerprint density at radius 2 is 2.11 bits per heavy atom. The summed E-state index contributed by atoms with van der Waals surface area (Å²) in [5.41, 5.74) is 6.32. The molecule has 0 atom stereocenters. The highest BCUT2D eigenvalue weighted by Gasteiger charge is 2.19. The van der Waals surface area contributed by atoms with Crippen LogP contribution in [-0.4, -0.2) is 18.6 Å². The van der Waals surface area contributed by atoms with Crippen molar-refractivity contribution < 1.29 is 8.42 Å². The number of halogens is 1. The number of nitrogens with one attached hydrogen (secondary N) is 1. The van der Waals surface area contributed by atoms with Crippen LogP contribution in [0.4, 0.5) is 11.5 Å². The summed E-state index contributed by atoms with van der Waals surface area (Å²) in [7, 11) is -3.77. The SMILES string of the molecule is Cc1cc(Cl)c(N)cc1S(=O)(=O)Nc1cccnn1. The van der Waals surface area contributed by atoms with Crippen LogP contribution in [0.3, 0.4) is 0 Å². The molecule has 0 saturated carbocycles. The van der Waals surface area contributed by atoms with Gasteiger partial charge in [0.2, 0.25) is 0 Å². The third-order valence-electron chi connectivity index (χ3n) is 2.40. The number of anilines is 2. The van der Waals surface area contributed by atoms with Crippen LogP contribution in [0, 0.1) is 6.92 Å². The van der Waals surface area contributed by atoms with Crippen molar-refractivity contribution in [3.63, 3.8) is 0 Å². The van der Waals surface area contributed by atoms with E-state index >= 15 is 0 Å². The minimum atomic E-state index is -3.77. The molecule has 2 rings (SSSR count). The van der Waals surface area contributed by atoms with E-state index in [2.05, 4.69) is 14.9 Å². The zero-order valence-corrected chi connectivity index (χ0v) is 11.5. The number of aryl methyl sites for hydroxylation is 1. The first-order valence-electron chi connectivity index (χ1n) is 5.26. The summed E-state index contributed by atoms with van der Waals surface area (Å²) in [6.07, 6.45) is 1.45. The molecule has 2 aromatic rings. The van der Waals surface area contributed by atoms with Gasteiger partial charge >= 0.3 is 0 Å². The first kappa shape index (κ1) is 13.6. The fourth-order valence-corrected chi connectivity index (χ4v) is 2.98. The number of benzene rings is 1. The van der Waals surface area contributed by atoms with Crippen LogP contribution in [0.15, 0.2) is 35.4 Å². The second-order valence-electron chi connectivity index (χ2n) is 3.85. The third kappa shape index (κ3) is 2.94. The fraction of sp³-hybridized carbons (Fsp3) is 0.0909. The number of nitrogens with two attached hydrogens (primary N) is 1. The summed E-state index contributed by atoms with van der Waals surface area (Å²) in [6.45, 7) is 1.64. The predicted molar refractivity (Wildman–Crippen MR) is 73.4 cm³/mol. The minimum absolute atomic E-state index is 0.0556. The summed E-state index contributed by atoms with van der Waals surface area (Å²) in [4.78, 5) is 0.0556. The van der Waals surface area contributed by atoms with Crippen molar-refractivity contribution in [2.75, 3.05) is 10.5 Å². The monoisotopic (exact) mass is 298 g/mol. The Morgan fingerprint density at radius 3 is 2.74 bits per heavy atom. The molecular formula is C11H11ClN4O2S. The van der Waals surface area contributed by atoms with Gasteiger partial charge in [0.05, 0.1) is 15.6 Å². The lowest BCUT2D eigenvalue weighted by Crippen LogP contribution is -2.15. The molecule has 3 N–H and O–H groups in total. The van der Waals surface area contributed by atoms with Gasteiger partial charge in [0.15, 0.2) is 5.82 Å². The van der Waals surface area contributed by atoms with Gasteiger partial charge in [0.25, 0.3) is 10.0 Å². The van der Waals surface area contributed by atoms with E-state index < -0.39 is 10.0 Å². The van der Waals surface area contributed by atoms with Crippen LogP contribution >= 0.6 is 11.6 Å². The van der Waals surface area contributed by atoms with Gasteiger partial charge in [-0.2, -0.15) is 5.10 Å². The molecule has 19 heavy (non-hydrogen) atoms. The molecule has 1 aromatic carbocycles. The van der Waals surface area contributed by atoms with E-state index in [1.165, 1.54) is 24.4 Å². The van der Waals surface area contributed by atoms with Crippen molar-refractivity contribution in [1.29, 1.82) is 0 Å². The second kappa shape index (κ2) is 5.02. The molecule has 0 saturated heterocycles. The summed E-state index contributed by atoms with van der Waals surface area (Å²) >= 11 is 5.83. The molecule has 0 bridgehead atoms. The molecule has 0 radical (unpaired) electrons. The van der Waals surface area contributed by atoms with Crippen LogP contribution in [-0.2, 0) is 10.0 Å². The lowest BCUT2D eigenvalue weighted by Gasteiger charge is -2.10. The average molecular weight is 299 g/mol. The van der Waals surface area contributed by atoms with E-state index in [4.69, 9.17) is 17.3 Å². The van der Waals surface area contributed by atoms with Crippen LogP contribution in [0.5, 0.6) is 0 Å². The Balaban J connectivity index is 2.43. The van der Waals surface area contributed by atoms with Crippen molar-refractivity contribution in [3.05, 3.63) is 41.0 Å². The van der Waals surface area contributed by atoms with Crippen LogP contribution in [0.1, 0.15) is 5.56 Å². The molecule has 0 fully saturated rings. The van der Waals surface area contributed by atoms with Crippen LogP contribution in [0.2, 0.25) is 5.02 Å². The van der Waals surface area contributed by atoms with E-state index in [9.17, 15) is 8.42 Å². The lowest BCUT2D eigenvalue weighted by molar-refractivity contribution is 0.600. The second-order valence-corrected chi connectivity index (χ2v) is 5.91. The number of sulfonamides is 1. The van der Waals surface area contributed by atoms with Crippen molar-refractivity contribution in [2.24, 2.45) is 0 Å². The Kier molecular flexibility index (Phi) is 3.59. The molecule has 1 aromatic heterocycles. The van der Waals surface area contributed by atoms with E-state index in [-0.39, 0.29) is 16.4 Å². The first-order valence-corrected chi connectivity index (χ1v) is 7.12. The van der Waals surface area contributed by atoms with Gasteiger partial charge in [-0.05, 0) is 36.8 Å². The van der Waals surface area contributed by atoms with Gasteiger partial charge in [0.1, 0.15) is 0 Å². The van der Waals surface area contributed by atoms with E-state index in [1.807, 2.05) is 0 Å². The summed E-state index contributed by atoms with van der Waals surface area (Å²) in [5, 5.41) is 7.57. The summed E-state index contributed by atoms with van der Waals surface area (Å²) < 4.78 is 26.7. The molecule has 0 aliphatic rings. The quantitative estimate of drug-likeness (QED) is 0.842. The highest BCUT2D eigenvalue weighted by atomic mass is 35.5. The summed E-state index contributed by atoms with van der Waals surface area (Å²) in [6, 6.07) is 5.89. The van der Waals surface area contributed by atoms with Gasteiger partial charge in [-0.3, -0.25) is 4.72 Å². The first-order chi connectivity index (χ1) is 8.90. The zero-order chi connectivity index (χ0) is 14.0. The topological polar surface area (TPSA) is 98.0 Å². The Morgan fingerprint density at radius 1 is 1.37 bits per heavy atom. The Labute approximate surface area is 115 Å². The van der Waals surface area contributed by atoms with Crippen LogP contribution in [0.25, 0.3) is 0 Å². The third-order valence-corrected chi connectivity index (χ3v) is 4.22. The lowest BCUT2D eigenvalue weighted by atomic mass is 10.2. The van der Waals surface area contributed by atoms with E-state index in [0.29, 0.717) is 10.6 Å². The van der Waals surface area contributed by atoms with Gasteiger partial charge in [-0.1, -0.05) is 11.6 Å². The molecule has 0 amide bonds. The van der Waals surface area contributed by atoms with Gasteiger partial charge < -0.3 is 5.73 Å². The smallest absolute Gasteiger partial charge is 0.263 e. The fourth-order valence-electron chi connectivity index (χ4n) is 1.51. The van der Waals surface area contributed by atoms with E-state index in [0.717, 1.165) is 0 Å². The molecule has 8 heteroatoms. The van der Waals surface area contributed by atoms with Crippen molar-refractivity contribution in [2.45, 2.75) is 11.8 Å².